The largest absolute Gasteiger partial charge is 0.478 e. The summed E-state index contributed by atoms with van der Waals surface area (Å²) in [5.41, 5.74) is 3.33. The van der Waals surface area contributed by atoms with Gasteiger partial charge in [0.15, 0.2) is 11.6 Å². The van der Waals surface area contributed by atoms with Crippen molar-refractivity contribution in [2.24, 2.45) is 0 Å². The van der Waals surface area contributed by atoms with Crippen LogP contribution in [0.4, 0.5) is 8.78 Å². The maximum Gasteiger partial charge on any atom is 0.336 e. The van der Waals surface area contributed by atoms with E-state index < -0.39 is 23.5 Å². The minimum absolute atomic E-state index is 0.104. The van der Waals surface area contributed by atoms with E-state index >= 15 is 0 Å². The third-order valence-electron chi connectivity index (χ3n) is 6.06. The van der Waals surface area contributed by atoms with E-state index in [2.05, 4.69) is 0 Å². The first-order chi connectivity index (χ1) is 17.8. The molecule has 4 nitrogen and oxygen atoms in total. The second-order valence-electron chi connectivity index (χ2n) is 8.61. The Morgan fingerprint density at radius 2 is 1.43 bits per heavy atom. The summed E-state index contributed by atoms with van der Waals surface area (Å²) in [5.74, 6) is -3.77. The zero-order valence-corrected chi connectivity index (χ0v) is 20.6. The van der Waals surface area contributed by atoms with Gasteiger partial charge in [-0.3, -0.25) is 4.79 Å². The topological polar surface area (TPSA) is 57.6 Å². The van der Waals surface area contributed by atoms with Gasteiger partial charge in [0.05, 0.1) is 16.1 Å². The molecule has 4 aromatic rings. The van der Waals surface area contributed by atoms with Crippen molar-refractivity contribution in [3.8, 4) is 11.1 Å². The molecule has 37 heavy (non-hydrogen) atoms. The number of benzene rings is 4. The molecule has 0 saturated carbocycles. The molecule has 0 radical (unpaired) electrons. The lowest BCUT2D eigenvalue weighted by atomic mass is 9.98. The number of carbonyl (C=O) groups excluding carboxylic acids is 1. The average molecular weight is 520 g/mol. The van der Waals surface area contributed by atoms with E-state index in [9.17, 15) is 23.5 Å². The average Bonchev–Trinajstić information content (AvgIpc) is 2.91. The van der Waals surface area contributed by atoms with Crippen LogP contribution in [-0.2, 0) is 13.0 Å². The Kier molecular flexibility index (Phi) is 8.31. The molecule has 0 unspecified atom stereocenters. The van der Waals surface area contributed by atoms with Crippen molar-refractivity contribution >= 4 is 23.5 Å². The predicted molar refractivity (Wildman–Crippen MR) is 140 cm³/mol. The number of nitrogens with zero attached hydrogens (tertiary/aromatic N) is 1. The number of amides is 1. The van der Waals surface area contributed by atoms with Crippen molar-refractivity contribution < 1.29 is 23.5 Å². The molecule has 0 fully saturated rings. The van der Waals surface area contributed by atoms with Gasteiger partial charge in [-0.25, -0.2) is 13.6 Å². The summed E-state index contributed by atoms with van der Waals surface area (Å²) in [7, 11) is 0. The summed E-state index contributed by atoms with van der Waals surface area (Å²) in [4.78, 5) is 26.5. The SMILES string of the molecule is O=C(O)c1ccccc1-c1ccc(CN(CCCc2ccccc2)C(=O)c2cc(F)c(F)cc2Cl)cc1. The molecule has 0 saturated heterocycles. The maximum atomic E-state index is 13.9. The molecular formula is C30H24ClF2NO3. The van der Waals surface area contributed by atoms with E-state index in [0.29, 0.717) is 18.5 Å². The number of carbonyl (C=O) groups is 2. The lowest BCUT2D eigenvalue weighted by Gasteiger charge is -2.24. The van der Waals surface area contributed by atoms with Crippen LogP contribution < -0.4 is 0 Å². The van der Waals surface area contributed by atoms with Gasteiger partial charge >= 0.3 is 5.97 Å². The van der Waals surface area contributed by atoms with Gasteiger partial charge < -0.3 is 10.0 Å². The summed E-state index contributed by atoms with van der Waals surface area (Å²) in [6, 6.07) is 25.4. The van der Waals surface area contributed by atoms with Crippen LogP contribution in [0.3, 0.4) is 0 Å². The van der Waals surface area contributed by atoms with Crippen LogP contribution in [0.1, 0.15) is 38.3 Å². The van der Waals surface area contributed by atoms with Gasteiger partial charge in [-0.15, -0.1) is 0 Å². The number of halogens is 3. The lowest BCUT2D eigenvalue weighted by molar-refractivity contribution is 0.0696. The molecule has 4 aromatic carbocycles. The van der Waals surface area contributed by atoms with Crippen molar-refractivity contribution in [3.63, 3.8) is 0 Å². The fraction of sp³-hybridized carbons (Fsp3) is 0.133. The Morgan fingerprint density at radius 3 is 2.14 bits per heavy atom. The second-order valence-corrected chi connectivity index (χ2v) is 9.02. The van der Waals surface area contributed by atoms with Crippen molar-refractivity contribution in [2.45, 2.75) is 19.4 Å². The first-order valence-electron chi connectivity index (χ1n) is 11.7. The molecule has 0 spiro atoms. The molecule has 1 N–H and O–H groups in total. The van der Waals surface area contributed by atoms with Gasteiger partial charge in [0.1, 0.15) is 0 Å². The second kappa shape index (κ2) is 11.8. The van der Waals surface area contributed by atoms with Gasteiger partial charge in [0.25, 0.3) is 5.91 Å². The number of carboxylic acids is 1. The fourth-order valence-corrected chi connectivity index (χ4v) is 4.39. The number of carboxylic acid groups (broad SMARTS) is 1. The van der Waals surface area contributed by atoms with Crippen LogP contribution in [0, 0.1) is 11.6 Å². The summed E-state index contributed by atoms with van der Waals surface area (Å²) < 4.78 is 27.5. The Labute approximate surface area is 218 Å². The van der Waals surface area contributed by atoms with Gasteiger partial charge in [-0.1, -0.05) is 84.4 Å². The normalized spacial score (nSPS) is 10.8. The van der Waals surface area contributed by atoms with Crippen LogP contribution in [0.15, 0.2) is 91.0 Å². The maximum absolute atomic E-state index is 13.9. The predicted octanol–water partition coefficient (Wildman–Crippen LogP) is 7.26. The van der Waals surface area contributed by atoms with E-state index in [1.54, 1.807) is 41.3 Å². The molecule has 0 aliphatic rings. The van der Waals surface area contributed by atoms with Crippen LogP contribution in [0.25, 0.3) is 11.1 Å². The highest BCUT2D eigenvalue weighted by Gasteiger charge is 2.21. The van der Waals surface area contributed by atoms with Crippen LogP contribution in [0.5, 0.6) is 0 Å². The third-order valence-corrected chi connectivity index (χ3v) is 6.37. The molecular weight excluding hydrogens is 496 g/mol. The molecule has 1 amide bonds. The molecule has 0 atom stereocenters. The highest BCUT2D eigenvalue weighted by atomic mass is 35.5. The minimum Gasteiger partial charge on any atom is -0.478 e. The summed E-state index contributed by atoms with van der Waals surface area (Å²) >= 11 is 6.10. The van der Waals surface area contributed by atoms with Crippen molar-refractivity contribution in [2.75, 3.05) is 6.54 Å². The number of aryl methyl sites for hydroxylation is 1. The summed E-state index contributed by atoms with van der Waals surface area (Å²) in [5, 5.41) is 9.33. The lowest BCUT2D eigenvalue weighted by Crippen LogP contribution is -2.32. The highest BCUT2D eigenvalue weighted by Crippen LogP contribution is 2.26. The Bertz CT molecular complexity index is 1410. The van der Waals surface area contributed by atoms with Gasteiger partial charge in [-0.2, -0.15) is 0 Å². The molecule has 188 valence electrons. The Hall–Kier alpha value is -4.03. The Balaban J connectivity index is 1.57. The smallest absolute Gasteiger partial charge is 0.336 e. The molecule has 0 aliphatic carbocycles. The first-order valence-corrected chi connectivity index (χ1v) is 12.1. The summed E-state index contributed by atoms with van der Waals surface area (Å²) in [6.45, 7) is 0.580. The van der Waals surface area contributed by atoms with Crippen LogP contribution in [-0.4, -0.2) is 28.4 Å². The molecule has 4 rings (SSSR count). The number of hydrogen-bond acceptors (Lipinski definition) is 2. The van der Waals surface area contributed by atoms with Crippen LogP contribution in [0.2, 0.25) is 5.02 Å². The standard InChI is InChI=1S/C30H24ClF2NO3/c31-26-18-28(33)27(32)17-25(26)29(35)34(16-6-9-20-7-2-1-3-8-20)19-21-12-14-22(15-13-21)23-10-4-5-11-24(23)30(36)37/h1-5,7-8,10-15,17-18H,6,9,16,19H2,(H,36,37). The fourth-order valence-electron chi connectivity index (χ4n) is 4.16. The van der Waals surface area contributed by atoms with Gasteiger partial charge in [0.2, 0.25) is 0 Å². The summed E-state index contributed by atoms with van der Waals surface area (Å²) in [6.07, 6.45) is 1.39. The van der Waals surface area contributed by atoms with Crippen molar-refractivity contribution in [1.29, 1.82) is 0 Å². The van der Waals surface area contributed by atoms with Crippen molar-refractivity contribution in [3.05, 3.63) is 130 Å². The van der Waals surface area contributed by atoms with E-state index in [-0.39, 0.29) is 22.7 Å². The van der Waals surface area contributed by atoms with Gasteiger partial charge in [-0.05, 0) is 53.3 Å². The molecule has 0 aromatic heterocycles. The van der Waals surface area contributed by atoms with Crippen molar-refractivity contribution in [1.82, 2.24) is 4.90 Å². The third kappa shape index (κ3) is 6.40. The van der Waals surface area contributed by atoms with E-state index in [4.69, 9.17) is 11.6 Å². The minimum atomic E-state index is -1.14. The van der Waals surface area contributed by atoms with Gasteiger partial charge in [0, 0.05) is 13.1 Å². The molecule has 7 heteroatoms. The molecule has 0 heterocycles. The first kappa shape index (κ1) is 26.0. The van der Waals surface area contributed by atoms with E-state index in [1.807, 2.05) is 42.5 Å². The quantitative estimate of drug-likeness (QED) is 0.237. The number of rotatable bonds is 9. The van der Waals surface area contributed by atoms with E-state index in [1.165, 1.54) is 0 Å². The van der Waals surface area contributed by atoms with E-state index in [0.717, 1.165) is 35.2 Å². The monoisotopic (exact) mass is 519 g/mol. The number of aromatic carboxylic acids is 1. The Morgan fingerprint density at radius 1 is 0.784 bits per heavy atom. The molecule has 0 bridgehead atoms. The zero-order chi connectivity index (χ0) is 26.4. The highest BCUT2D eigenvalue weighted by molar-refractivity contribution is 6.33. The molecule has 0 aliphatic heterocycles. The zero-order valence-electron chi connectivity index (χ0n) is 19.8. The number of hydrogen-bond donors (Lipinski definition) is 1. The van der Waals surface area contributed by atoms with Crippen LogP contribution >= 0.6 is 11.6 Å².